The summed E-state index contributed by atoms with van der Waals surface area (Å²) in [6.45, 7) is 8.66. The Kier molecular flexibility index (Phi) is 7.12. The first-order valence-corrected chi connectivity index (χ1v) is 7.72. The third kappa shape index (κ3) is 5.33. The van der Waals surface area contributed by atoms with Crippen LogP contribution in [-0.4, -0.2) is 27.7 Å². The van der Waals surface area contributed by atoms with Crippen LogP contribution in [0.5, 0.6) is 5.75 Å². The molecule has 0 radical (unpaired) electrons. The molecule has 0 amide bonds. The Morgan fingerprint density at radius 2 is 2.10 bits per heavy atom. The first-order valence-electron chi connectivity index (χ1n) is 7.72. The number of unbranched alkanes of at least 4 members (excludes halogenated alkanes) is 1. The maximum Gasteiger partial charge on any atom is 0.358 e. The molecule has 1 N–H and O–H groups in total. The molecule has 0 saturated carbocycles. The Morgan fingerprint density at radius 1 is 1.38 bits per heavy atom. The fourth-order valence-electron chi connectivity index (χ4n) is 2.03. The van der Waals surface area contributed by atoms with Crippen LogP contribution in [0.1, 0.15) is 75.6 Å². The Morgan fingerprint density at radius 3 is 2.62 bits per heavy atom. The molecule has 1 aromatic rings. The zero-order valence-electron chi connectivity index (χ0n) is 13.4. The van der Waals surface area contributed by atoms with E-state index >= 15 is 0 Å². The normalized spacial score (nSPS) is 12.4. The van der Waals surface area contributed by atoms with Gasteiger partial charge in [-0.1, -0.05) is 47.0 Å². The minimum atomic E-state index is -1.07. The van der Waals surface area contributed by atoms with E-state index in [9.17, 15) is 9.90 Å². The van der Waals surface area contributed by atoms with E-state index in [2.05, 4.69) is 23.8 Å². The lowest BCUT2D eigenvalue weighted by Crippen LogP contribution is -2.15. The van der Waals surface area contributed by atoms with E-state index in [0.29, 0.717) is 18.3 Å². The highest BCUT2D eigenvalue weighted by Gasteiger charge is 2.18. The van der Waals surface area contributed by atoms with Gasteiger partial charge in [0.15, 0.2) is 11.4 Å². The number of carboxylic acid groups (broad SMARTS) is 1. The fraction of sp³-hybridized carbons (Fsp3) is 0.688. The van der Waals surface area contributed by atoms with Gasteiger partial charge in [-0.3, -0.25) is 0 Å². The van der Waals surface area contributed by atoms with Gasteiger partial charge < -0.3 is 9.84 Å². The summed E-state index contributed by atoms with van der Waals surface area (Å²) in [5, 5.41) is 9.27. The summed E-state index contributed by atoms with van der Waals surface area (Å²) in [6.07, 6.45) is 5.92. The van der Waals surface area contributed by atoms with Crippen LogP contribution in [0.2, 0.25) is 0 Å². The van der Waals surface area contributed by atoms with Crippen molar-refractivity contribution in [3.8, 4) is 5.75 Å². The summed E-state index contributed by atoms with van der Waals surface area (Å²) in [4.78, 5) is 19.6. The second kappa shape index (κ2) is 8.60. The standard InChI is InChI=1S/C16H26N2O3/c1-5-7-8-12(6-2)10-21-13-9-17-15(11(3)4)18-14(13)16(19)20/h9,11-12H,5-8,10H2,1-4H3,(H,19,20). The highest BCUT2D eigenvalue weighted by Crippen LogP contribution is 2.21. The van der Waals surface area contributed by atoms with Gasteiger partial charge in [-0.15, -0.1) is 0 Å². The van der Waals surface area contributed by atoms with E-state index in [1.165, 1.54) is 6.20 Å². The van der Waals surface area contributed by atoms with E-state index < -0.39 is 5.97 Å². The summed E-state index contributed by atoms with van der Waals surface area (Å²) in [5.74, 6) is 0.247. The molecule has 0 bridgehead atoms. The van der Waals surface area contributed by atoms with Crippen molar-refractivity contribution < 1.29 is 14.6 Å². The monoisotopic (exact) mass is 294 g/mol. The van der Waals surface area contributed by atoms with E-state index in [1.54, 1.807) is 0 Å². The highest BCUT2D eigenvalue weighted by atomic mass is 16.5. The van der Waals surface area contributed by atoms with Gasteiger partial charge in [0, 0.05) is 5.92 Å². The summed E-state index contributed by atoms with van der Waals surface area (Å²) in [5.41, 5.74) is -0.0426. The molecule has 1 aromatic heterocycles. The predicted octanol–water partition coefficient (Wildman–Crippen LogP) is 3.89. The molecule has 118 valence electrons. The predicted molar refractivity (Wildman–Crippen MR) is 81.9 cm³/mol. The Balaban J connectivity index is 2.80. The largest absolute Gasteiger partial charge is 0.489 e. The van der Waals surface area contributed by atoms with Crippen LogP contribution in [0, 0.1) is 5.92 Å². The smallest absolute Gasteiger partial charge is 0.358 e. The number of rotatable bonds is 9. The fourth-order valence-corrected chi connectivity index (χ4v) is 2.03. The second-order valence-electron chi connectivity index (χ2n) is 5.63. The number of hydrogen-bond donors (Lipinski definition) is 1. The first kappa shape index (κ1) is 17.4. The first-order chi connectivity index (χ1) is 9.99. The lowest BCUT2D eigenvalue weighted by molar-refractivity contribution is 0.0683. The zero-order valence-corrected chi connectivity index (χ0v) is 13.4. The number of aromatic carboxylic acids is 1. The molecule has 5 heteroatoms. The number of nitrogens with zero attached hydrogens (tertiary/aromatic N) is 2. The highest BCUT2D eigenvalue weighted by molar-refractivity contribution is 5.88. The molecular weight excluding hydrogens is 268 g/mol. The van der Waals surface area contributed by atoms with Crippen molar-refractivity contribution in [2.24, 2.45) is 5.92 Å². The number of carboxylic acids is 1. The van der Waals surface area contributed by atoms with Gasteiger partial charge >= 0.3 is 5.97 Å². The number of ether oxygens (including phenoxy) is 1. The topological polar surface area (TPSA) is 72.3 Å². The van der Waals surface area contributed by atoms with E-state index in [-0.39, 0.29) is 17.4 Å². The van der Waals surface area contributed by atoms with Crippen LogP contribution in [0.15, 0.2) is 6.20 Å². The molecule has 0 aromatic carbocycles. The average molecular weight is 294 g/mol. The summed E-state index contributed by atoms with van der Waals surface area (Å²) in [7, 11) is 0. The maximum absolute atomic E-state index is 11.3. The van der Waals surface area contributed by atoms with Crippen molar-refractivity contribution in [3.63, 3.8) is 0 Å². The van der Waals surface area contributed by atoms with Gasteiger partial charge in [-0.25, -0.2) is 14.8 Å². The third-order valence-electron chi connectivity index (χ3n) is 3.51. The maximum atomic E-state index is 11.3. The molecule has 0 aliphatic heterocycles. The van der Waals surface area contributed by atoms with Crippen LogP contribution < -0.4 is 4.74 Å². The molecule has 1 rings (SSSR count). The van der Waals surface area contributed by atoms with Crippen molar-refractivity contribution in [2.45, 2.75) is 59.3 Å². The summed E-state index contributed by atoms with van der Waals surface area (Å²) in [6, 6.07) is 0. The lowest BCUT2D eigenvalue weighted by atomic mass is 10.0. The molecule has 0 saturated heterocycles. The Labute approximate surface area is 126 Å². The van der Waals surface area contributed by atoms with Gasteiger partial charge in [-0.2, -0.15) is 0 Å². The molecular formula is C16H26N2O3. The van der Waals surface area contributed by atoms with E-state index in [1.807, 2.05) is 13.8 Å². The third-order valence-corrected chi connectivity index (χ3v) is 3.51. The van der Waals surface area contributed by atoms with Crippen LogP contribution in [0.4, 0.5) is 0 Å². The van der Waals surface area contributed by atoms with Gasteiger partial charge in [0.2, 0.25) is 0 Å². The molecule has 0 aliphatic rings. The van der Waals surface area contributed by atoms with Crippen LogP contribution in [0.3, 0.4) is 0 Å². The summed E-state index contributed by atoms with van der Waals surface area (Å²) >= 11 is 0. The van der Waals surface area contributed by atoms with Crippen molar-refractivity contribution in [2.75, 3.05) is 6.61 Å². The van der Waals surface area contributed by atoms with Crippen LogP contribution in [-0.2, 0) is 0 Å². The molecule has 0 aliphatic carbocycles. The Bertz CT molecular complexity index is 461. The quantitative estimate of drug-likeness (QED) is 0.748. The van der Waals surface area contributed by atoms with Gasteiger partial charge in [0.25, 0.3) is 0 Å². The second-order valence-corrected chi connectivity index (χ2v) is 5.63. The minimum absolute atomic E-state index is 0.0426. The SMILES string of the molecule is CCCCC(CC)COc1cnc(C(C)C)nc1C(=O)O. The van der Waals surface area contributed by atoms with Gasteiger partial charge in [0.05, 0.1) is 12.8 Å². The van der Waals surface area contributed by atoms with Crippen molar-refractivity contribution >= 4 is 5.97 Å². The average Bonchev–Trinajstić information content (AvgIpc) is 2.47. The summed E-state index contributed by atoms with van der Waals surface area (Å²) < 4.78 is 5.68. The van der Waals surface area contributed by atoms with Crippen LogP contribution in [0.25, 0.3) is 0 Å². The zero-order chi connectivity index (χ0) is 15.8. The molecule has 5 nitrogen and oxygen atoms in total. The van der Waals surface area contributed by atoms with E-state index in [0.717, 1.165) is 25.7 Å². The number of hydrogen-bond acceptors (Lipinski definition) is 4. The van der Waals surface area contributed by atoms with Crippen LogP contribution >= 0.6 is 0 Å². The van der Waals surface area contributed by atoms with Gasteiger partial charge in [0.1, 0.15) is 5.82 Å². The van der Waals surface area contributed by atoms with Crippen molar-refractivity contribution in [3.05, 3.63) is 17.7 Å². The Hall–Kier alpha value is -1.65. The van der Waals surface area contributed by atoms with E-state index in [4.69, 9.17) is 4.74 Å². The molecule has 21 heavy (non-hydrogen) atoms. The minimum Gasteiger partial charge on any atom is -0.489 e. The van der Waals surface area contributed by atoms with Crippen molar-refractivity contribution in [1.82, 2.24) is 9.97 Å². The molecule has 0 fully saturated rings. The number of aromatic nitrogens is 2. The molecule has 1 heterocycles. The molecule has 0 spiro atoms. The molecule has 1 unspecified atom stereocenters. The molecule has 1 atom stereocenters. The van der Waals surface area contributed by atoms with Gasteiger partial charge in [-0.05, 0) is 12.3 Å². The van der Waals surface area contributed by atoms with Crippen molar-refractivity contribution in [1.29, 1.82) is 0 Å². The number of carbonyl (C=O) groups is 1. The lowest BCUT2D eigenvalue weighted by Gasteiger charge is -2.16.